The topological polar surface area (TPSA) is 71.8 Å². The molecule has 10 heteroatoms. The van der Waals surface area contributed by atoms with Crippen LogP contribution >= 0.6 is 15.9 Å². The van der Waals surface area contributed by atoms with Crippen LogP contribution < -0.4 is 10.6 Å². The molecule has 2 N–H and O–H groups in total. The molecule has 24 heavy (non-hydrogen) atoms. The molecule has 0 saturated carbocycles. The number of benzene rings is 1. The van der Waals surface area contributed by atoms with Crippen molar-refractivity contribution < 1.29 is 18.0 Å². The molecule has 2 atom stereocenters. The van der Waals surface area contributed by atoms with Gasteiger partial charge in [-0.05, 0) is 31.5 Å². The third-order valence-electron chi connectivity index (χ3n) is 3.59. The quantitative estimate of drug-likeness (QED) is 0.823. The van der Waals surface area contributed by atoms with Gasteiger partial charge in [-0.1, -0.05) is 15.9 Å². The van der Waals surface area contributed by atoms with Gasteiger partial charge in [-0.15, -0.1) is 5.10 Å². The summed E-state index contributed by atoms with van der Waals surface area (Å²) in [5.74, 6) is -1.63. The van der Waals surface area contributed by atoms with Crippen molar-refractivity contribution in [3.8, 4) is 0 Å². The number of anilines is 2. The highest BCUT2D eigenvalue weighted by molar-refractivity contribution is 9.10. The molecule has 1 aromatic heterocycles. The highest BCUT2D eigenvalue weighted by Crippen LogP contribution is 2.30. The molecule has 0 spiro atoms. The molecule has 0 saturated heterocycles. The summed E-state index contributed by atoms with van der Waals surface area (Å²) in [6.07, 6.45) is -2.47. The SMILES string of the molecule is C[C@@H]1C[C@@H](C(F)F)n2nc(C(=O)Nc3ccc(Br)cc3F)nc2N1. The average molecular weight is 404 g/mol. The van der Waals surface area contributed by atoms with Crippen LogP contribution in [0, 0.1) is 5.82 Å². The van der Waals surface area contributed by atoms with E-state index in [-0.39, 0.29) is 29.9 Å². The van der Waals surface area contributed by atoms with Crippen molar-refractivity contribution in [2.75, 3.05) is 10.6 Å². The second kappa shape index (κ2) is 6.42. The van der Waals surface area contributed by atoms with Gasteiger partial charge in [0.05, 0.1) is 5.69 Å². The molecule has 0 unspecified atom stereocenters. The minimum atomic E-state index is -2.63. The van der Waals surface area contributed by atoms with E-state index in [0.717, 1.165) is 4.68 Å². The molecule has 1 aromatic carbocycles. The van der Waals surface area contributed by atoms with Gasteiger partial charge in [0.15, 0.2) is 0 Å². The molecule has 3 rings (SSSR count). The Hall–Kier alpha value is -2.10. The first kappa shape index (κ1) is 16.7. The number of hydrogen-bond acceptors (Lipinski definition) is 4. The molecule has 2 aromatic rings. The van der Waals surface area contributed by atoms with E-state index in [1.165, 1.54) is 12.1 Å². The number of nitrogens with zero attached hydrogens (tertiary/aromatic N) is 3. The number of aromatic nitrogens is 3. The molecular weight excluding hydrogens is 391 g/mol. The fraction of sp³-hybridized carbons (Fsp3) is 0.357. The molecule has 0 radical (unpaired) electrons. The lowest BCUT2D eigenvalue weighted by atomic mass is 10.1. The van der Waals surface area contributed by atoms with Crippen LogP contribution in [0.5, 0.6) is 0 Å². The van der Waals surface area contributed by atoms with E-state index in [1.54, 1.807) is 13.0 Å². The van der Waals surface area contributed by atoms with E-state index in [2.05, 4.69) is 36.6 Å². The monoisotopic (exact) mass is 403 g/mol. The van der Waals surface area contributed by atoms with Crippen molar-refractivity contribution in [1.29, 1.82) is 0 Å². The zero-order valence-electron chi connectivity index (χ0n) is 12.4. The Morgan fingerprint density at radius 1 is 1.50 bits per heavy atom. The molecule has 128 valence electrons. The highest BCUT2D eigenvalue weighted by Gasteiger charge is 2.34. The first-order valence-corrected chi connectivity index (χ1v) is 7.92. The number of carbonyl (C=O) groups excluding carboxylic acids is 1. The summed E-state index contributed by atoms with van der Waals surface area (Å²) in [5.41, 5.74) is -0.0530. The van der Waals surface area contributed by atoms with Crippen LogP contribution in [0.2, 0.25) is 0 Å². The number of nitrogens with one attached hydrogen (secondary N) is 2. The second-order valence-electron chi connectivity index (χ2n) is 5.46. The maximum atomic E-state index is 13.8. The molecule has 0 bridgehead atoms. The number of rotatable bonds is 3. The lowest BCUT2D eigenvalue weighted by Gasteiger charge is -2.28. The van der Waals surface area contributed by atoms with Gasteiger partial charge in [-0.2, -0.15) is 4.98 Å². The number of carbonyl (C=O) groups is 1. The number of halogens is 4. The zero-order chi connectivity index (χ0) is 17.4. The molecule has 0 fully saturated rings. The van der Waals surface area contributed by atoms with Crippen LogP contribution in [-0.2, 0) is 0 Å². The van der Waals surface area contributed by atoms with Gasteiger partial charge in [-0.3, -0.25) is 4.79 Å². The van der Waals surface area contributed by atoms with Gasteiger partial charge in [0.25, 0.3) is 12.3 Å². The van der Waals surface area contributed by atoms with Gasteiger partial charge in [0, 0.05) is 10.5 Å². The lowest BCUT2D eigenvalue weighted by Crippen LogP contribution is -2.33. The van der Waals surface area contributed by atoms with Crippen LogP contribution in [0.4, 0.5) is 24.8 Å². The number of amides is 1. The normalized spacial score (nSPS) is 19.8. The predicted octanol–water partition coefficient (Wildman–Crippen LogP) is 3.44. The predicted molar refractivity (Wildman–Crippen MR) is 84.8 cm³/mol. The van der Waals surface area contributed by atoms with Gasteiger partial charge in [0.2, 0.25) is 11.8 Å². The summed E-state index contributed by atoms with van der Waals surface area (Å²) in [6, 6.07) is 2.74. The van der Waals surface area contributed by atoms with Crippen molar-refractivity contribution in [3.63, 3.8) is 0 Å². The molecule has 0 aliphatic carbocycles. The van der Waals surface area contributed by atoms with E-state index in [1.807, 2.05) is 0 Å². The molecule has 2 heterocycles. The minimum Gasteiger partial charge on any atom is -0.352 e. The van der Waals surface area contributed by atoms with E-state index >= 15 is 0 Å². The van der Waals surface area contributed by atoms with Crippen LogP contribution in [-0.4, -0.2) is 33.1 Å². The van der Waals surface area contributed by atoms with Crippen molar-refractivity contribution in [2.45, 2.75) is 31.9 Å². The maximum Gasteiger partial charge on any atom is 0.295 e. The zero-order valence-corrected chi connectivity index (χ0v) is 14.0. The number of hydrogen-bond donors (Lipinski definition) is 2. The molecule has 1 amide bonds. The molecule has 1 aliphatic rings. The van der Waals surface area contributed by atoms with Gasteiger partial charge in [0.1, 0.15) is 11.9 Å². The van der Waals surface area contributed by atoms with Gasteiger partial charge < -0.3 is 10.6 Å². The number of alkyl halides is 2. The Kier molecular flexibility index (Phi) is 4.48. The van der Waals surface area contributed by atoms with Crippen LogP contribution in [0.3, 0.4) is 0 Å². The lowest BCUT2D eigenvalue weighted by molar-refractivity contribution is 0.0662. The van der Waals surface area contributed by atoms with Crippen LogP contribution in [0.1, 0.15) is 30.0 Å². The first-order valence-electron chi connectivity index (χ1n) is 7.13. The van der Waals surface area contributed by atoms with Crippen molar-refractivity contribution in [1.82, 2.24) is 14.8 Å². The summed E-state index contributed by atoms with van der Waals surface area (Å²) in [4.78, 5) is 16.1. The second-order valence-corrected chi connectivity index (χ2v) is 6.38. The van der Waals surface area contributed by atoms with E-state index in [4.69, 9.17) is 0 Å². The molecule has 6 nitrogen and oxygen atoms in total. The Bertz CT molecular complexity index is 782. The third-order valence-corrected chi connectivity index (χ3v) is 4.08. The largest absolute Gasteiger partial charge is 0.352 e. The van der Waals surface area contributed by atoms with Crippen LogP contribution in [0.15, 0.2) is 22.7 Å². The summed E-state index contributed by atoms with van der Waals surface area (Å²) < 4.78 is 41.6. The summed E-state index contributed by atoms with van der Waals surface area (Å²) in [5, 5.41) is 9.08. The van der Waals surface area contributed by atoms with Crippen molar-refractivity contribution in [2.24, 2.45) is 0 Å². The Morgan fingerprint density at radius 3 is 2.92 bits per heavy atom. The summed E-state index contributed by atoms with van der Waals surface area (Å²) in [7, 11) is 0. The average Bonchev–Trinajstić information content (AvgIpc) is 2.92. The van der Waals surface area contributed by atoms with Crippen molar-refractivity contribution >= 4 is 33.5 Å². The number of fused-ring (bicyclic) bond motifs is 1. The van der Waals surface area contributed by atoms with Crippen molar-refractivity contribution in [3.05, 3.63) is 34.3 Å². The first-order chi connectivity index (χ1) is 11.3. The van der Waals surface area contributed by atoms with Crippen LogP contribution in [0.25, 0.3) is 0 Å². The smallest absolute Gasteiger partial charge is 0.295 e. The van der Waals surface area contributed by atoms with E-state index < -0.39 is 24.2 Å². The Morgan fingerprint density at radius 2 is 2.25 bits per heavy atom. The highest BCUT2D eigenvalue weighted by atomic mass is 79.9. The van der Waals surface area contributed by atoms with E-state index in [0.29, 0.717) is 4.47 Å². The molecule has 1 aliphatic heterocycles. The minimum absolute atomic E-state index is 0.0530. The van der Waals surface area contributed by atoms with Gasteiger partial charge in [-0.25, -0.2) is 17.9 Å². The fourth-order valence-corrected chi connectivity index (χ4v) is 2.80. The Labute approximate surface area is 143 Å². The standard InChI is InChI=1S/C14H13BrF3N5O/c1-6-4-10(11(17)18)23-14(19-6)21-12(22-23)13(24)20-9-3-2-7(15)5-8(9)16/h2-3,5-6,10-11H,4H2,1H3,(H,20,24)(H,19,21,22)/t6-,10+/m1/s1. The van der Waals surface area contributed by atoms with Gasteiger partial charge >= 0.3 is 0 Å². The summed E-state index contributed by atoms with van der Waals surface area (Å²) >= 11 is 3.11. The fourth-order valence-electron chi connectivity index (χ4n) is 2.47. The third kappa shape index (κ3) is 3.23. The molecular formula is C14H13BrF3N5O. The summed E-state index contributed by atoms with van der Waals surface area (Å²) in [6.45, 7) is 1.74. The van der Waals surface area contributed by atoms with E-state index in [9.17, 15) is 18.0 Å². The Balaban J connectivity index is 1.85. The maximum absolute atomic E-state index is 13.8.